The second kappa shape index (κ2) is 4.08. The highest BCUT2D eigenvalue weighted by Gasteiger charge is 2.13. The lowest BCUT2D eigenvalue weighted by Crippen LogP contribution is -1.98. The van der Waals surface area contributed by atoms with E-state index in [1.165, 1.54) is 17.4 Å². The summed E-state index contributed by atoms with van der Waals surface area (Å²) in [5, 5.41) is 11.6. The highest BCUT2D eigenvalue weighted by Crippen LogP contribution is 2.26. The molecule has 0 bridgehead atoms. The lowest BCUT2D eigenvalue weighted by atomic mass is 10.1. The van der Waals surface area contributed by atoms with Gasteiger partial charge in [-0.1, -0.05) is 12.1 Å². The molecular weight excluding hydrogens is 218 g/mol. The van der Waals surface area contributed by atoms with E-state index in [4.69, 9.17) is 0 Å². The Morgan fingerprint density at radius 3 is 2.53 bits per heavy atom. The van der Waals surface area contributed by atoms with E-state index in [0.717, 1.165) is 12.1 Å². The molecule has 0 radical (unpaired) electrons. The Morgan fingerprint density at radius 2 is 1.93 bits per heavy atom. The molecule has 1 heterocycles. The van der Waals surface area contributed by atoms with Crippen molar-refractivity contribution in [2.24, 2.45) is 0 Å². The van der Waals surface area contributed by atoms with Crippen LogP contribution >= 0.6 is 11.3 Å². The molecule has 0 saturated heterocycles. The second-order valence-electron chi connectivity index (χ2n) is 3.09. The molecule has 1 nitrogen and oxygen atoms in total. The van der Waals surface area contributed by atoms with Gasteiger partial charge in [0.2, 0.25) is 0 Å². The number of hydrogen-bond acceptors (Lipinski definition) is 2. The minimum atomic E-state index is -0.942. The minimum absolute atomic E-state index is 0.358. The van der Waals surface area contributed by atoms with Crippen molar-refractivity contribution in [3.8, 4) is 0 Å². The molecule has 1 atom stereocenters. The predicted octanol–water partition coefficient (Wildman–Crippen LogP) is 3.11. The predicted molar refractivity (Wildman–Crippen MR) is 54.7 cm³/mol. The van der Waals surface area contributed by atoms with E-state index in [0.29, 0.717) is 10.4 Å². The highest BCUT2D eigenvalue weighted by molar-refractivity contribution is 7.10. The van der Waals surface area contributed by atoms with Gasteiger partial charge in [0.05, 0.1) is 0 Å². The zero-order valence-corrected chi connectivity index (χ0v) is 8.47. The van der Waals surface area contributed by atoms with Gasteiger partial charge >= 0.3 is 0 Å². The van der Waals surface area contributed by atoms with Crippen LogP contribution in [0.1, 0.15) is 16.5 Å². The molecule has 1 aromatic carbocycles. The zero-order valence-electron chi connectivity index (χ0n) is 7.65. The van der Waals surface area contributed by atoms with Crippen LogP contribution in [-0.4, -0.2) is 5.11 Å². The van der Waals surface area contributed by atoms with Crippen molar-refractivity contribution in [2.75, 3.05) is 0 Å². The fraction of sp³-hybridized carbons (Fsp3) is 0.0909. The molecule has 0 unspecified atom stereocenters. The molecular formula is C11H8F2OS. The molecule has 0 spiro atoms. The van der Waals surface area contributed by atoms with Gasteiger partial charge in [0.25, 0.3) is 0 Å². The molecule has 15 heavy (non-hydrogen) atoms. The van der Waals surface area contributed by atoms with E-state index in [-0.39, 0.29) is 0 Å². The summed E-state index contributed by atoms with van der Waals surface area (Å²) < 4.78 is 25.5. The summed E-state index contributed by atoms with van der Waals surface area (Å²) in [7, 11) is 0. The Morgan fingerprint density at radius 1 is 1.13 bits per heavy atom. The Labute approximate surface area is 89.6 Å². The minimum Gasteiger partial charge on any atom is -0.383 e. The molecule has 0 saturated carbocycles. The van der Waals surface area contributed by atoms with Gasteiger partial charge in [-0.05, 0) is 29.1 Å². The van der Waals surface area contributed by atoms with Crippen LogP contribution in [0.3, 0.4) is 0 Å². The summed E-state index contributed by atoms with van der Waals surface area (Å²) in [6.45, 7) is 0. The molecule has 0 aliphatic carbocycles. The quantitative estimate of drug-likeness (QED) is 0.834. The molecule has 0 fully saturated rings. The summed E-state index contributed by atoms with van der Waals surface area (Å²) in [5.41, 5.74) is 0.358. The maximum atomic E-state index is 12.9. The monoisotopic (exact) mass is 226 g/mol. The van der Waals surface area contributed by atoms with Crippen LogP contribution in [0.4, 0.5) is 8.78 Å². The highest BCUT2D eigenvalue weighted by atomic mass is 32.1. The zero-order chi connectivity index (χ0) is 10.8. The van der Waals surface area contributed by atoms with E-state index < -0.39 is 17.7 Å². The molecule has 78 valence electrons. The molecule has 4 heteroatoms. The Kier molecular flexibility index (Phi) is 2.79. The molecule has 0 aliphatic rings. The van der Waals surface area contributed by atoms with E-state index in [9.17, 15) is 13.9 Å². The van der Waals surface area contributed by atoms with Crippen molar-refractivity contribution >= 4 is 11.3 Å². The molecule has 2 rings (SSSR count). The number of halogens is 2. The van der Waals surface area contributed by atoms with Crippen LogP contribution < -0.4 is 0 Å². The SMILES string of the molecule is O[C@@H](c1ccc(F)c(F)c1)c1cccs1. The molecule has 1 aromatic heterocycles. The van der Waals surface area contributed by atoms with E-state index in [1.807, 2.05) is 5.38 Å². The fourth-order valence-electron chi connectivity index (χ4n) is 1.29. The van der Waals surface area contributed by atoms with Crippen LogP contribution in [0, 0.1) is 11.6 Å². The third-order valence-corrected chi connectivity index (χ3v) is 3.00. The van der Waals surface area contributed by atoms with Crippen molar-refractivity contribution in [3.63, 3.8) is 0 Å². The Hall–Kier alpha value is -1.26. The number of aliphatic hydroxyl groups is 1. The average molecular weight is 226 g/mol. The third-order valence-electron chi connectivity index (χ3n) is 2.07. The summed E-state index contributed by atoms with van der Waals surface area (Å²) in [5.74, 6) is -1.85. The van der Waals surface area contributed by atoms with Crippen molar-refractivity contribution in [1.82, 2.24) is 0 Å². The van der Waals surface area contributed by atoms with Crippen LogP contribution in [0.5, 0.6) is 0 Å². The fourth-order valence-corrected chi connectivity index (χ4v) is 2.03. The normalized spacial score (nSPS) is 12.7. The second-order valence-corrected chi connectivity index (χ2v) is 4.07. The van der Waals surface area contributed by atoms with E-state index in [1.54, 1.807) is 12.1 Å². The topological polar surface area (TPSA) is 20.2 Å². The summed E-state index contributed by atoms with van der Waals surface area (Å²) in [6.07, 6.45) is -0.889. The standard InChI is InChI=1S/C11H8F2OS/c12-8-4-3-7(6-9(8)13)11(14)10-2-1-5-15-10/h1-6,11,14H/t11-/m0/s1. The Bertz CT molecular complexity index is 454. The largest absolute Gasteiger partial charge is 0.383 e. The lowest BCUT2D eigenvalue weighted by Gasteiger charge is -2.08. The van der Waals surface area contributed by atoms with E-state index >= 15 is 0 Å². The number of hydrogen-bond donors (Lipinski definition) is 1. The first-order valence-electron chi connectivity index (χ1n) is 4.35. The van der Waals surface area contributed by atoms with Crippen molar-refractivity contribution in [2.45, 2.75) is 6.10 Å². The average Bonchev–Trinajstić information content (AvgIpc) is 2.74. The van der Waals surface area contributed by atoms with Crippen LogP contribution in [0.15, 0.2) is 35.7 Å². The van der Waals surface area contributed by atoms with Crippen molar-refractivity contribution < 1.29 is 13.9 Å². The number of rotatable bonds is 2. The summed E-state index contributed by atoms with van der Waals surface area (Å²) in [6, 6.07) is 6.95. The summed E-state index contributed by atoms with van der Waals surface area (Å²) in [4.78, 5) is 0.709. The van der Waals surface area contributed by atoms with Gasteiger partial charge in [0, 0.05) is 4.88 Å². The number of benzene rings is 1. The molecule has 0 amide bonds. The van der Waals surface area contributed by atoms with Crippen LogP contribution in [-0.2, 0) is 0 Å². The first-order chi connectivity index (χ1) is 7.18. The van der Waals surface area contributed by atoms with Gasteiger partial charge in [-0.25, -0.2) is 8.78 Å². The van der Waals surface area contributed by atoms with Gasteiger partial charge in [-0.2, -0.15) is 0 Å². The lowest BCUT2D eigenvalue weighted by molar-refractivity contribution is 0.223. The molecule has 2 aromatic rings. The maximum absolute atomic E-state index is 12.9. The van der Waals surface area contributed by atoms with Crippen LogP contribution in [0.2, 0.25) is 0 Å². The third kappa shape index (κ3) is 2.06. The van der Waals surface area contributed by atoms with Gasteiger partial charge < -0.3 is 5.11 Å². The number of thiophene rings is 1. The number of aliphatic hydroxyl groups excluding tert-OH is 1. The van der Waals surface area contributed by atoms with Crippen molar-refractivity contribution in [1.29, 1.82) is 0 Å². The molecule has 1 N–H and O–H groups in total. The van der Waals surface area contributed by atoms with Gasteiger partial charge in [-0.15, -0.1) is 11.3 Å². The maximum Gasteiger partial charge on any atom is 0.159 e. The van der Waals surface area contributed by atoms with Gasteiger partial charge in [0.15, 0.2) is 11.6 Å². The van der Waals surface area contributed by atoms with Gasteiger partial charge in [0.1, 0.15) is 6.10 Å². The first kappa shape index (κ1) is 10.3. The summed E-state index contributed by atoms with van der Waals surface area (Å²) >= 11 is 1.37. The van der Waals surface area contributed by atoms with Gasteiger partial charge in [-0.3, -0.25) is 0 Å². The van der Waals surface area contributed by atoms with Crippen molar-refractivity contribution in [3.05, 3.63) is 57.8 Å². The smallest absolute Gasteiger partial charge is 0.159 e. The Balaban J connectivity index is 2.34. The first-order valence-corrected chi connectivity index (χ1v) is 5.23. The van der Waals surface area contributed by atoms with Crippen LogP contribution in [0.25, 0.3) is 0 Å². The molecule has 0 aliphatic heterocycles. The van der Waals surface area contributed by atoms with E-state index in [2.05, 4.69) is 0 Å².